The summed E-state index contributed by atoms with van der Waals surface area (Å²) in [5, 5.41) is 2.58. The van der Waals surface area contributed by atoms with Crippen LogP contribution >= 0.6 is 0 Å². The fourth-order valence-electron chi connectivity index (χ4n) is 2.90. The molecule has 1 aromatic heterocycles. The largest absolute Gasteiger partial charge is 0.222 e. The minimum atomic E-state index is -4.94. The SMILES string of the molecule is CN(C)c1ccc(C#Cc2c3ccccc3[se+]c3ccccc23)cc1.[O-][Cl+3]([O-])([O-])[O-]. The molecular weight excluding hydrogens is 469 g/mol. The van der Waals surface area contributed by atoms with E-state index in [0.29, 0.717) is 14.5 Å². The molecule has 0 unspecified atom stereocenters. The van der Waals surface area contributed by atoms with Crippen LogP contribution in [0.3, 0.4) is 0 Å². The summed E-state index contributed by atoms with van der Waals surface area (Å²) in [7, 11) is -0.845. The Hall–Kier alpha value is -2.46. The van der Waals surface area contributed by atoms with Crippen molar-refractivity contribution >= 4 is 39.5 Å². The molecule has 0 saturated carbocycles. The third-order valence-electron chi connectivity index (χ3n) is 4.25. The summed E-state index contributed by atoms with van der Waals surface area (Å²) in [6.07, 6.45) is 0. The van der Waals surface area contributed by atoms with Gasteiger partial charge >= 0.3 is 154 Å². The van der Waals surface area contributed by atoms with Gasteiger partial charge in [-0.15, -0.1) is 10.2 Å². The zero-order valence-corrected chi connectivity index (χ0v) is 18.8. The average molecular weight is 487 g/mol. The summed E-state index contributed by atoms with van der Waals surface area (Å²) < 4.78 is 36.8. The summed E-state index contributed by atoms with van der Waals surface area (Å²) in [5.74, 6) is 6.83. The molecule has 0 saturated heterocycles. The van der Waals surface area contributed by atoms with Crippen molar-refractivity contribution in [3.63, 3.8) is 0 Å². The number of hydrogen-bond donors (Lipinski definition) is 0. The normalized spacial score (nSPS) is 10.7. The molecule has 4 rings (SSSR count). The Morgan fingerprint density at radius 2 is 1.17 bits per heavy atom. The smallest absolute Gasteiger partial charge is 0.112 e. The predicted molar refractivity (Wildman–Crippen MR) is 110 cm³/mol. The first kappa shape index (κ1) is 22.2. The van der Waals surface area contributed by atoms with Crippen LogP contribution < -0.4 is 23.5 Å². The average Bonchev–Trinajstić information content (AvgIpc) is 2.70. The summed E-state index contributed by atoms with van der Waals surface area (Å²) in [5.41, 5.74) is 3.38. The molecule has 4 aromatic rings. The maximum absolute atomic E-state index is 8.49. The van der Waals surface area contributed by atoms with Crippen LogP contribution in [0.5, 0.6) is 0 Å². The second kappa shape index (κ2) is 9.57. The summed E-state index contributed by atoms with van der Waals surface area (Å²) in [6, 6.07) is 25.7. The van der Waals surface area contributed by atoms with Crippen molar-refractivity contribution in [2.75, 3.05) is 19.0 Å². The molecule has 0 N–H and O–H groups in total. The van der Waals surface area contributed by atoms with Crippen LogP contribution in [0.25, 0.3) is 19.3 Å². The van der Waals surface area contributed by atoms with Gasteiger partial charge in [0.25, 0.3) is 0 Å². The van der Waals surface area contributed by atoms with Gasteiger partial charge < -0.3 is 0 Å². The van der Waals surface area contributed by atoms with E-state index in [9.17, 15) is 0 Å². The van der Waals surface area contributed by atoms with Crippen molar-refractivity contribution in [2.45, 2.75) is 0 Å². The van der Waals surface area contributed by atoms with Gasteiger partial charge in [-0.05, 0) is 0 Å². The summed E-state index contributed by atoms with van der Waals surface area (Å²) >= 11 is 0.353. The molecule has 3 aromatic carbocycles. The van der Waals surface area contributed by atoms with Gasteiger partial charge in [0, 0.05) is 0 Å². The van der Waals surface area contributed by atoms with Gasteiger partial charge in [0.1, 0.15) is 0 Å². The number of halogens is 1. The van der Waals surface area contributed by atoms with Crippen molar-refractivity contribution in [2.24, 2.45) is 0 Å². The monoisotopic (exact) mass is 487 g/mol. The first-order valence-corrected chi connectivity index (χ1v) is 11.8. The van der Waals surface area contributed by atoms with Crippen molar-refractivity contribution in [1.29, 1.82) is 0 Å². The molecule has 0 amide bonds. The van der Waals surface area contributed by atoms with E-state index in [4.69, 9.17) is 18.6 Å². The van der Waals surface area contributed by atoms with Crippen LogP contribution in [-0.4, -0.2) is 28.6 Å². The number of nitrogens with zero attached hydrogens (tertiary/aromatic N) is 1. The van der Waals surface area contributed by atoms with Gasteiger partial charge in [-0.25, -0.2) is 18.6 Å². The number of rotatable bonds is 1. The Morgan fingerprint density at radius 1 is 0.700 bits per heavy atom. The molecule has 0 bridgehead atoms. The Bertz CT molecular complexity index is 1170. The molecule has 0 radical (unpaired) electrons. The maximum atomic E-state index is 8.49. The fourth-order valence-corrected chi connectivity index (χ4v) is 5.19. The van der Waals surface area contributed by atoms with Crippen molar-refractivity contribution in [3.05, 3.63) is 83.9 Å². The predicted octanol–water partition coefficient (Wildman–Crippen LogP) is 0.0409. The standard InChI is InChI=1S/C23H18NSe.ClHO4/c1-24(2)18-14-11-17(12-15-18)13-16-19-20-7-3-5-9-22(20)25-23-10-6-4-8-21(19)23;2-1(3,4)5/h3-12,14-15H,1-2H3;(H,2,3,4,5)/q+1;/p-1. The summed E-state index contributed by atoms with van der Waals surface area (Å²) in [6.45, 7) is 0. The van der Waals surface area contributed by atoms with E-state index in [1.54, 1.807) is 0 Å². The molecule has 5 nitrogen and oxygen atoms in total. The zero-order valence-electron chi connectivity index (χ0n) is 16.3. The molecule has 0 aliphatic carbocycles. The second-order valence-corrected chi connectivity index (χ2v) is 9.57. The van der Waals surface area contributed by atoms with E-state index in [1.165, 1.54) is 25.0 Å². The van der Waals surface area contributed by atoms with E-state index < -0.39 is 10.2 Å². The van der Waals surface area contributed by atoms with Crippen LogP contribution in [-0.2, 0) is 0 Å². The van der Waals surface area contributed by atoms with Crippen LogP contribution in [0.15, 0.2) is 72.8 Å². The van der Waals surface area contributed by atoms with Gasteiger partial charge in [-0.1, -0.05) is 0 Å². The quantitative estimate of drug-likeness (QED) is 0.215. The molecule has 0 fully saturated rings. The molecule has 0 spiro atoms. The van der Waals surface area contributed by atoms with Crippen LogP contribution in [0.4, 0.5) is 5.69 Å². The Morgan fingerprint density at radius 3 is 1.63 bits per heavy atom. The first-order valence-electron chi connectivity index (χ1n) is 8.87. The number of anilines is 1. The van der Waals surface area contributed by atoms with E-state index in [1.807, 2.05) is 14.1 Å². The summed E-state index contributed by atoms with van der Waals surface area (Å²) in [4.78, 5) is 2.10. The molecule has 0 aliphatic heterocycles. The van der Waals surface area contributed by atoms with Crippen molar-refractivity contribution < 1.29 is 28.9 Å². The van der Waals surface area contributed by atoms with E-state index >= 15 is 0 Å². The molecule has 7 heteroatoms. The first-order chi connectivity index (χ1) is 14.2. The Balaban J connectivity index is 0.000000461. The number of benzene rings is 3. The van der Waals surface area contributed by atoms with E-state index in [2.05, 4.69) is 89.5 Å². The van der Waals surface area contributed by atoms with Gasteiger partial charge in [0.2, 0.25) is 0 Å². The molecule has 152 valence electrons. The van der Waals surface area contributed by atoms with Gasteiger partial charge in [-0.2, -0.15) is 0 Å². The number of hydrogen-bond acceptors (Lipinski definition) is 5. The van der Waals surface area contributed by atoms with Gasteiger partial charge in [0.05, 0.1) is 0 Å². The molecule has 0 aliphatic rings. The maximum Gasteiger partial charge on any atom is -0.112 e. The molecule has 30 heavy (non-hydrogen) atoms. The second-order valence-electron chi connectivity index (χ2n) is 6.54. The third-order valence-corrected chi connectivity index (χ3v) is 6.66. The molecular formula is C23H18ClNO4Se. The van der Waals surface area contributed by atoms with Crippen molar-refractivity contribution in [1.82, 2.24) is 0 Å². The van der Waals surface area contributed by atoms with Crippen LogP contribution in [0, 0.1) is 22.1 Å². The van der Waals surface area contributed by atoms with E-state index in [-0.39, 0.29) is 0 Å². The van der Waals surface area contributed by atoms with E-state index in [0.717, 1.165) is 11.1 Å². The Kier molecular flexibility index (Phi) is 7.09. The third kappa shape index (κ3) is 6.02. The minimum Gasteiger partial charge on any atom is -0.222 e. The molecule has 1 heterocycles. The zero-order chi connectivity index (χ0) is 21.7. The Labute approximate surface area is 182 Å². The van der Waals surface area contributed by atoms with Gasteiger partial charge in [-0.3, -0.25) is 0 Å². The van der Waals surface area contributed by atoms with Gasteiger partial charge in [0.15, 0.2) is 0 Å². The fraction of sp³-hybridized carbons (Fsp3) is 0.0870. The molecule has 0 atom stereocenters. The topological polar surface area (TPSA) is 95.5 Å². The minimum absolute atomic E-state index is 0.353. The van der Waals surface area contributed by atoms with Crippen LogP contribution in [0.1, 0.15) is 11.1 Å². The van der Waals surface area contributed by atoms with Crippen molar-refractivity contribution in [3.8, 4) is 11.8 Å². The number of fused-ring (bicyclic) bond motifs is 2. The van der Waals surface area contributed by atoms with Crippen LogP contribution in [0.2, 0.25) is 0 Å².